The van der Waals surface area contributed by atoms with Gasteiger partial charge >= 0.3 is 0 Å². The summed E-state index contributed by atoms with van der Waals surface area (Å²) < 4.78 is 18.1. The predicted octanol–water partition coefficient (Wildman–Crippen LogP) is -4.05. The Morgan fingerprint density at radius 3 is 2.33 bits per heavy atom. The van der Waals surface area contributed by atoms with Crippen molar-refractivity contribution in [1.82, 2.24) is 15.5 Å². The number of carbonyl (C=O) groups excluding carboxylic acids is 4. The number of methoxy groups -OCH3 is 1. The molecule has 3 heterocycles. The van der Waals surface area contributed by atoms with E-state index < -0.39 is 127 Å². The molecule has 6 aliphatic rings. The zero-order valence-corrected chi connectivity index (χ0v) is 32.6. The molecule has 0 aromatic heterocycles. The summed E-state index contributed by atoms with van der Waals surface area (Å²) in [5.41, 5.74) is 9.72. The third-order valence-corrected chi connectivity index (χ3v) is 13.9. The van der Waals surface area contributed by atoms with Crippen LogP contribution in [-0.4, -0.2) is 167 Å². The van der Waals surface area contributed by atoms with Crippen LogP contribution < -0.4 is 22.1 Å². The molecule has 18 unspecified atom stereocenters. The van der Waals surface area contributed by atoms with E-state index in [0.29, 0.717) is 25.8 Å². The average molecular weight is 809 g/mol. The Kier molecular flexibility index (Phi) is 13.6. The minimum absolute atomic E-state index is 0.0407. The lowest BCUT2D eigenvalue weighted by Crippen LogP contribution is -2.69. The molecule has 0 spiro atoms. The van der Waals surface area contributed by atoms with Crippen molar-refractivity contribution >= 4 is 29.3 Å². The van der Waals surface area contributed by atoms with Crippen molar-refractivity contribution in [1.29, 1.82) is 0 Å². The van der Waals surface area contributed by atoms with Crippen LogP contribution >= 0.6 is 0 Å². The summed E-state index contributed by atoms with van der Waals surface area (Å²) >= 11 is 0. The van der Waals surface area contributed by atoms with Gasteiger partial charge in [-0.25, -0.2) is 0 Å². The lowest BCUT2D eigenvalue weighted by molar-refractivity contribution is -0.349. The number of carbonyl (C=O) groups is 4. The Bertz CT molecular complexity index is 1550. The Labute approximate surface area is 331 Å². The highest BCUT2D eigenvalue weighted by Crippen LogP contribution is 2.52. The van der Waals surface area contributed by atoms with Crippen molar-refractivity contribution in [3.8, 4) is 0 Å². The van der Waals surface area contributed by atoms with E-state index in [9.17, 15) is 49.8 Å². The van der Waals surface area contributed by atoms with Crippen molar-refractivity contribution in [3.05, 3.63) is 12.2 Å². The van der Waals surface area contributed by atoms with Gasteiger partial charge in [0.1, 0.15) is 35.5 Å². The summed E-state index contributed by atoms with van der Waals surface area (Å²) in [6.45, 7) is 1.16. The molecule has 2 saturated heterocycles. The van der Waals surface area contributed by atoms with Crippen LogP contribution in [0.2, 0.25) is 0 Å². The topological polar surface area (TPSA) is 309 Å². The average Bonchev–Trinajstić information content (AvgIpc) is 3.51. The number of piperidine rings is 1. The van der Waals surface area contributed by atoms with Gasteiger partial charge in [0.2, 0.25) is 0 Å². The maximum absolute atomic E-state index is 14.7. The van der Waals surface area contributed by atoms with Gasteiger partial charge in [0.25, 0.3) is 11.8 Å². The number of aliphatic imine (C=N–C) groups is 1. The Morgan fingerprint density at radius 2 is 1.72 bits per heavy atom. The van der Waals surface area contributed by atoms with Gasteiger partial charge in [0, 0.05) is 76.1 Å². The zero-order chi connectivity index (χ0) is 41.5. The molecule has 2 amide bonds. The first kappa shape index (κ1) is 43.6. The number of rotatable bonds is 12. The van der Waals surface area contributed by atoms with Gasteiger partial charge in [-0.15, -0.1) is 0 Å². The number of nitrogens with one attached hydrogen (secondary N) is 2. The molecule has 57 heavy (non-hydrogen) atoms. The molecule has 18 atom stereocenters. The minimum atomic E-state index is -2.32. The first-order valence-electron chi connectivity index (χ1n) is 20.0. The number of ketones is 2. The van der Waals surface area contributed by atoms with Crippen LogP contribution in [-0.2, 0) is 33.4 Å². The van der Waals surface area contributed by atoms with E-state index in [1.54, 1.807) is 0 Å². The molecule has 12 N–H and O–H groups in total. The number of ether oxygens (including phenoxy) is 3. The van der Waals surface area contributed by atoms with Crippen LogP contribution in [0.1, 0.15) is 39.0 Å². The van der Waals surface area contributed by atoms with Crippen molar-refractivity contribution in [3.63, 3.8) is 0 Å². The monoisotopic (exact) mass is 808 g/mol. The summed E-state index contributed by atoms with van der Waals surface area (Å²) in [5, 5.41) is 74.5. The fourth-order valence-electron chi connectivity index (χ4n) is 10.8. The Morgan fingerprint density at radius 1 is 1.02 bits per heavy atom. The number of aliphatic hydroxyl groups is 6. The molecule has 3 aliphatic carbocycles. The number of hydrogen-bond acceptors (Lipinski definition) is 16. The summed E-state index contributed by atoms with van der Waals surface area (Å²) in [5.74, 6) is -8.21. The lowest BCUT2D eigenvalue weighted by atomic mass is 9.51. The van der Waals surface area contributed by atoms with E-state index in [1.807, 2.05) is 6.92 Å². The molecule has 3 saturated carbocycles. The molecule has 19 heteroatoms. The molecule has 0 bridgehead atoms. The number of Topliss-reactive ketones (excluding diaryl/α,β-unsaturated/α-hetero) is 2. The summed E-state index contributed by atoms with van der Waals surface area (Å²) in [6.07, 6.45) is -7.63. The smallest absolute Gasteiger partial charge is 0.253 e. The number of aliphatic hydroxyl groups excluding tert-OH is 5. The van der Waals surface area contributed by atoms with Crippen LogP contribution in [0, 0.1) is 53.3 Å². The minimum Gasteiger partial charge on any atom is -0.396 e. The highest BCUT2D eigenvalue weighted by atomic mass is 16.7. The molecular weight excluding hydrogens is 748 g/mol. The molecular formula is C38H60N6O13. The standard InChI is InChI=1S/C38H60N6O13/c1-16-8-19-29(32(50)20(16)12-43-37(40)41-2)33(51)30-23(10-22(55-3)21(14-45)28(30)31(19)49)56-36-34(52)35(53)38(54,24(15-46)57-36)11-18(17-6-7-42-25(39)9-17)13-44-26(47)4-5-27(44)48/h4-5,16-25,28-30,32,34-36,42,45-46,50,52-54H,6-15,39H2,1-3H3,(H3,40,41,43). The maximum atomic E-state index is 14.7. The van der Waals surface area contributed by atoms with Crippen LogP contribution in [0.3, 0.4) is 0 Å². The number of guanidine groups is 1. The molecule has 6 rings (SSSR count). The third kappa shape index (κ3) is 8.17. The fourth-order valence-corrected chi connectivity index (χ4v) is 10.8. The largest absolute Gasteiger partial charge is 0.396 e. The summed E-state index contributed by atoms with van der Waals surface area (Å²) in [4.78, 5) is 59.2. The van der Waals surface area contributed by atoms with Crippen molar-refractivity contribution in [2.24, 2.45) is 69.7 Å². The van der Waals surface area contributed by atoms with Gasteiger partial charge in [-0.2, -0.15) is 0 Å². The molecule has 0 aromatic carbocycles. The number of imide groups is 1. The highest BCUT2D eigenvalue weighted by Gasteiger charge is 2.64. The zero-order valence-electron chi connectivity index (χ0n) is 32.6. The molecule has 5 fully saturated rings. The van der Waals surface area contributed by atoms with Crippen LogP contribution in [0.4, 0.5) is 0 Å². The second-order valence-corrected chi connectivity index (χ2v) is 16.9. The van der Waals surface area contributed by atoms with Crippen molar-refractivity contribution < 1.29 is 64.0 Å². The van der Waals surface area contributed by atoms with Gasteiger partial charge < -0.3 is 67.0 Å². The van der Waals surface area contributed by atoms with E-state index in [4.69, 9.17) is 25.7 Å². The van der Waals surface area contributed by atoms with Gasteiger partial charge in [0.15, 0.2) is 12.2 Å². The summed E-state index contributed by atoms with van der Waals surface area (Å²) in [6, 6.07) is 0. The lowest BCUT2D eigenvalue weighted by Gasteiger charge is -2.55. The maximum Gasteiger partial charge on any atom is 0.253 e. The van der Waals surface area contributed by atoms with Crippen molar-refractivity contribution in [2.45, 2.75) is 93.7 Å². The van der Waals surface area contributed by atoms with Crippen LogP contribution in [0.25, 0.3) is 0 Å². The van der Waals surface area contributed by atoms with Gasteiger partial charge in [0.05, 0.1) is 42.9 Å². The first-order chi connectivity index (χ1) is 27.1. The van der Waals surface area contributed by atoms with E-state index in [2.05, 4.69) is 15.6 Å². The first-order valence-corrected chi connectivity index (χ1v) is 20.0. The molecule has 0 radical (unpaired) electrons. The predicted molar refractivity (Wildman–Crippen MR) is 199 cm³/mol. The SMILES string of the molecule is CN=C(N)NCC1C(C)CC2C(=O)C3C(CO)C(OC)CC(OC4OC(CO)C(O)(CC(CN5C(=O)C=CC5=O)C5CCNC(N)C5)C(O)C4O)C3C(=O)C2C1O. The number of nitrogens with zero attached hydrogens (tertiary/aromatic N) is 2. The Balaban J connectivity index is 1.26. The van der Waals surface area contributed by atoms with E-state index in [-0.39, 0.29) is 49.5 Å². The van der Waals surface area contributed by atoms with E-state index in [1.165, 1.54) is 14.2 Å². The quantitative estimate of drug-likeness (QED) is 0.0510. The van der Waals surface area contributed by atoms with Crippen molar-refractivity contribution in [2.75, 3.05) is 47.0 Å². The normalized spacial score (nSPS) is 44.5. The number of amides is 2. The van der Waals surface area contributed by atoms with E-state index in [0.717, 1.165) is 17.1 Å². The molecule has 19 nitrogen and oxygen atoms in total. The second-order valence-electron chi connectivity index (χ2n) is 16.9. The molecule has 0 aromatic rings. The fraction of sp³-hybridized carbons (Fsp3) is 0.816. The Hall–Kier alpha value is -2.95. The third-order valence-electron chi connectivity index (χ3n) is 13.9. The molecule has 320 valence electrons. The van der Waals surface area contributed by atoms with Gasteiger partial charge in [-0.05, 0) is 50.0 Å². The van der Waals surface area contributed by atoms with Gasteiger partial charge in [-0.1, -0.05) is 6.92 Å². The van der Waals surface area contributed by atoms with E-state index >= 15 is 0 Å². The van der Waals surface area contributed by atoms with Crippen LogP contribution in [0.15, 0.2) is 17.1 Å². The van der Waals surface area contributed by atoms with Crippen LogP contribution in [0.5, 0.6) is 0 Å². The van der Waals surface area contributed by atoms with Gasteiger partial charge in [-0.3, -0.25) is 29.1 Å². The number of hydrogen-bond donors (Lipinski definition) is 10. The number of nitrogens with two attached hydrogens (primary N) is 2. The number of fused-ring (bicyclic) bond motifs is 2. The molecule has 3 aliphatic heterocycles. The summed E-state index contributed by atoms with van der Waals surface area (Å²) in [7, 11) is 2.91. The second kappa shape index (κ2) is 17.7. The highest BCUT2D eigenvalue weighted by molar-refractivity contribution is 6.12.